The molecule has 0 saturated heterocycles. The Hall–Kier alpha value is -2.05. The first-order valence-corrected chi connectivity index (χ1v) is 8.21. The molecule has 5 nitrogen and oxygen atoms in total. The minimum Gasteiger partial charge on any atom is -0.337 e. The van der Waals surface area contributed by atoms with Crippen molar-refractivity contribution in [2.45, 2.75) is 20.0 Å². The Morgan fingerprint density at radius 2 is 2.27 bits per heavy atom. The second-order valence-corrected chi connectivity index (χ2v) is 6.21. The number of nitrogens with one attached hydrogen (secondary N) is 1. The minimum atomic E-state index is 0.545. The normalized spacial score (nSPS) is 12.4. The van der Waals surface area contributed by atoms with E-state index in [4.69, 9.17) is 0 Å². The lowest BCUT2D eigenvalue weighted by molar-refractivity contribution is 0.444. The van der Waals surface area contributed by atoms with Crippen molar-refractivity contribution in [2.24, 2.45) is 5.92 Å². The Balaban J connectivity index is 1.47. The lowest BCUT2D eigenvalue weighted by Crippen LogP contribution is -2.23. The number of imidazole rings is 1. The molecule has 3 rings (SSSR count). The molecular weight excluding hydrogens is 294 g/mol. The molecule has 0 fully saturated rings. The van der Waals surface area contributed by atoms with Gasteiger partial charge in [0.25, 0.3) is 0 Å². The summed E-state index contributed by atoms with van der Waals surface area (Å²) in [5.74, 6) is 0.545. The van der Waals surface area contributed by atoms with Gasteiger partial charge in [0.1, 0.15) is 5.01 Å². The Morgan fingerprint density at radius 1 is 1.32 bits per heavy atom. The molecule has 0 bridgehead atoms. The Morgan fingerprint density at radius 3 is 3.05 bits per heavy atom. The van der Waals surface area contributed by atoms with Crippen LogP contribution in [0, 0.1) is 5.92 Å². The summed E-state index contributed by atoms with van der Waals surface area (Å²) in [6.45, 7) is 4.95. The van der Waals surface area contributed by atoms with Crippen molar-refractivity contribution in [3.05, 3.63) is 54.2 Å². The third-order valence-electron chi connectivity index (χ3n) is 3.32. The molecule has 0 amide bonds. The van der Waals surface area contributed by atoms with Crippen LogP contribution in [-0.4, -0.2) is 26.1 Å². The topological polar surface area (TPSA) is 55.6 Å². The fourth-order valence-electron chi connectivity index (χ4n) is 2.26. The zero-order valence-electron chi connectivity index (χ0n) is 12.5. The second kappa shape index (κ2) is 7.29. The summed E-state index contributed by atoms with van der Waals surface area (Å²) in [6.07, 6.45) is 7.47. The highest BCUT2D eigenvalue weighted by molar-refractivity contribution is 7.13. The van der Waals surface area contributed by atoms with Gasteiger partial charge in [-0.3, -0.25) is 4.98 Å². The van der Waals surface area contributed by atoms with Crippen molar-refractivity contribution < 1.29 is 0 Å². The first-order valence-electron chi connectivity index (χ1n) is 7.33. The minimum absolute atomic E-state index is 0.545. The SMILES string of the molecule is CC(CNCc1csc(-c2ccccn2)n1)Cn1ccnc1. The maximum atomic E-state index is 4.63. The van der Waals surface area contributed by atoms with Gasteiger partial charge in [0.2, 0.25) is 0 Å². The van der Waals surface area contributed by atoms with E-state index in [9.17, 15) is 0 Å². The van der Waals surface area contributed by atoms with Gasteiger partial charge in [-0.25, -0.2) is 9.97 Å². The summed E-state index contributed by atoms with van der Waals surface area (Å²) in [5.41, 5.74) is 2.01. The maximum absolute atomic E-state index is 4.63. The Labute approximate surface area is 134 Å². The summed E-state index contributed by atoms with van der Waals surface area (Å²) in [6, 6.07) is 5.89. The Bertz CT molecular complexity index is 678. The number of hydrogen-bond acceptors (Lipinski definition) is 5. The summed E-state index contributed by atoms with van der Waals surface area (Å²) in [4.78, 5) is 13.0. The molecule has 0 aliphatic rings. The molecule has 0 aliphatic heterocycles. The van der Waals surface area contributed by atoms with E-state index in [0.29, 0.717) is 5.92 Å². The van der Waals surface area contributed by atoms with Gasteiger partial charge in [0.05, 0.1) is 17.7 Å². The van der Waals surface area contributed by atoms with E-state index >= 15 is 0 Å². The van der Waals surface area contributed by atoms with Gasteiger partial charge >= 0.3 is 0 Å². The van der Waals surface area contributed by atoms with Crippen LogP contribution < -0.4 is 5.32 Å². The first kappa shape index (κ1) is 14.9. The monoisotopic (exact) mass is 313 g/mol. The van der Waals surface area contributed by atoms with E-state index in [1.54, 1.807) is 17.5 Å². The molecule has 0 aliphatic carbocycles. The molecule has 0 spiro atoms. The molecule has 22 heavy (non-hydrogen) atoms. The van der Waals surface area contributed by atoms with Crippen molar-refractivity contribution in [2.75, 3.05) is 6.54 Å². The van der Waals surface area contributed by atoms with Gasteiger partial charge in [-0.2, -0.15) is 0 Å². The van der Waals surface area contributed by atoms with Crippen LogP contribution in [0.5, 0.6) is 0 Å². The quantitative estimate of drug-likeness (QED) is 0.729. The first-order chi connectivity index (χ1) is 10.8. The van der Waals surface area contributed by atoms with Crippen LogP contribution in [0.4, 0.5) is 0 Å². The van der Waals surface area contributed by atoms with Crippen LogP contribution in [0.15, 0.2) is 48.5 Å². The van der Waals surface area contributed by atoms with Gasteiger partial charge in [0.15, 0.2) is 0 Å². The number of rotatable bonds is 7. The molecule has 3 heterocycles. The number of pyridine rings is 1. The van der Waals surface area contributed by atoms with E-state index in [2.05, 4.69) is 37.1 Å². The summed E-state index contributed by atoms with van der Waals surface area (Å²) in [7, 11) is 0. The molecule has 0 aromatic carbocycles. The smallest absolute Gasteiger partial charge is 0.142 e. The van der Waals surface area contributed by atoms with Crippen molar-refractivity contribution >= 4 is 11.3 Å². The van der Waals surface area contributed by atoms with Gasteiger partial charge in [-0.1, -0.05) is 13.0 Å². The molecule has 0 saturated carbocycles. The molecule has 1 unspecified atom stereocenters. The van der Waals surface area contributed by atoms with Crippen LogP contribution in [0.3, 0.4) is 0 Å². The third kappa shape index (κ3) is 3.99. The summed E-state index contributed by atoms with van der Waals surface area (Å²) >= 11 is 1.64. The van der Waals surface area contributed by atoms with Crippen LogP contribution in [0.25, 0.3) is 10.7 Å². The largest absolute Gasteiger partial charge is 0.337 e. The predicted octanol–water partition coefficient (Wildman–Crippen LogP) is 2.83. The number of nitrogens with zero attached hydrogens (tertiary/aromatic N) is 4. The van der Waals surface area contributed by atoms with E-state index in [1.807, 2.05) is 36.9 Å². The average Bonchev–Trinajstić information content (AvgIpc) is 3.20. The fourth-order valence-corrected chi connectivity index (χ4v) is 3.06. The van der Waals surface area contributed by atoms with Crippen molar-refractivity contribution in [3.63, 3.8) is 0 Å². The van der Waals surface area contributed by atoms with Crippen LogP contribution in [-0.2, 0) is 13.1 Å². The number of thiazole rings is 1. The molecular formula is C16H19N5S. The molecule has 3 aromatic rings. The highest BCUT2D eigenvalue weighted by Crippen LogP contribution is 2.21. The molecule has 1 N–H and O–H groups in total. The zero-order valence-corrected chi connectivity index (χ0v) is 13.3. The lowest BCUT2D eigenvalue weighted by atomic mass is 10.2. The molecule has 3 aromatic heterocycles. The molecule has 114 valence electrons. The summed E-state index contributed by atoms with van der Waals surface area (Å²) in [5, 5.41) is 6.54. The summed E-state index contributed by atoms with van der Waals surface area (Å²) < 4.78 is 2.11. The van der Waals surface area contributed by atoms with E-state index in [-0.39, 0.29) is 0 Å². The van der Waals surface area contributed by atoms with Gasteiger partial charge in [0, 0.05) is 37.1 Å². The third-order valence-corrected chi connectivity index (χ3v) is 4.23. The molecule has 1 atom stereocenters. The zero-order chi connectivity index (χ0) is 15.2. The van der Waals surface area contributed by atoms with Gasteiger partial charge in [-0.15, -0.1) is 11.3 Å². The van der Waals surface area contributed by atoms with Crippen molar-refractivity contribution in [1.29, 1.82) is 0 Å². The van der Waals surface area contributed by atoms with Crippen molar-refractivity contribution in [3.8, 4) is 10.7 Å². The van der Waals surface area contributed by atoms with Gasteiger partial charge < -0.3 is 9.88 Å². The standard InChI is InChI=1S/C16H19N5S/c1-13(10-21-7-6-17-12-21)8-18-9-14-11-22-16(20-14)15-4-2-3-5-19-15/h2-7,11-13,18H,8-10H2,1H3. The molecule has 6 heteroatoms. The van der Waals surface area contributed by atoms with E-state index < -0.39 is 0 Å². The maximum Gasteiger partial charge on any atom is 0.142 e. The molecule has 0 radical (unpaired) electrons. The predicted molar refractivity (Wildman–Crippen MR) is 88.4 cm³/mol. The number of hydrogen-bond donors (Lipinski definition) is 1. The lowest BCUT2D eigenvalue weighted by Gasteiger charge is -2.12. The average molecular weight is 313 g/mol. The van der Waals surface area contributed by atoms with Crippen molar-refractivity contribution in [1.82, 2.24) is 24.8 Å². The van der Waals surface area contributed by atoms with E-state index in [0.717, 1.165) is 36.0 Å². The Kier molecular flexibility index (Phi) is 4.92. The van der Waals surface area contributed by atoms with Crippen LogP contribution in [0.1, 0.15) is 12.6 Å². The van der Waals surface area contributed by atoms with Gasteiger partial charge in [-0.05, 0) is 24.6 Å². The van der Waals surface area contributed by atoms with Crippen LogP contribution >= 0.6 is 11.3 Å². The fraction of sp³-hybridized carbons (Fsp3) is 0.312. The van der Waals surface area contributed by atoms with Crippen LogP contribution in [0.2, 0.25) is 0 Å². The highest BCUT2D eigenvalue weighted by atomic mass is 32.1. The highest BCUT2D eigenvalue weighted by Gasteiger charge is 2.06. The number of aromatic nitrogens is 4. The second-order valence-electron chi connectivity index (χ2n) is 5.35. The van der Waals surface area contributed by atoms with E-state index in [1.165, 1.54) is 0 Å².